The molecule has 0 aliphatic heterocycles. The second-order valence-electron chi connectivity index (χ2n) is 6.92. The summed E-state index contributed by atoms with van der Waals surface area (Å²) in [5.41, 5.74) is 0.741. The van der Waals surface area contributed by atoms with Gasteiger partial charge in [0.1, 0.15) is 7.05 Å². The van der Waals surface area contributed by atoms with Crippen molar-refractivity contribution in [2.24, 2.45) is 7.05 Å². The Balaban J connectivity index is 0.00000119. The van der Waals surface area contributed by atoms with Gasteiger partial charge in [0.25, 0.3) is 16.0 Å². The summed E-state index contributed by atoms with van der Waals surface area (Å²) < 4.78 is 27.8. The molecular weight excluding hydrogens is 364 g/mol. The first-order chi connectivity index (χ1) is 12.7. The number of aryl methyl sites for hydroxylation is 1. The van der Waals surface area contributed by atoms with Crippen molar-refractivity contribution in [1.29, 1.82) is 0 Å². The largest absolute Gasteiger partial charge is 0.352 e. The van der Waals surface area contributed by atoms with E-state index in [0.717, 1.165) is 18.5 Å². The Morgan fingerprint density at radius 2 is 1.37 bits per heavy atom. The summed E-state index contributed by atoms with van der Waals surface area (Å²) in [5, 5.41) is 3.00. The second kappa shape index (κ2) is 15.6. The first-order valence-corrected chi connectivity index (χ1v) is 11.7. The zero-order chi connectivity index (χ0) is 20.5. The van der Waals surface area contributed by atoms with Gasteiger partial charge in [-0.25, -0.2) is 4.57 Å². The van der Waals surface area contributed by atoms with Crippen LogP contribution in [0.25, 0.3) is 0 Å². The van der Waals surface area contributed by atoms with Gasteiger partial charge in [-0.2, -0.15) is 8.42 Å². The molecule has 0 unspecified atom stereocenters. The van der Waals surface area contributed by atoms with Crippen LogP contribution in [0.5, 0.6) is 0 Å². The van der Waals surface area contributed by atoms with Crippen LogP contribution in [0.2, 0.25) is 0 Å². The number of aromatic nitrogens is 1. The zero-order valence-electron chi connectivity index (χ0n) is 17.1. The molecule has 1 rings (SSSR count). The molecule has 1 heterocycles. The third kappa shape index (κ3) is 19.1. The quantitative estimate of drug-likeness (QED) is 0.318. The maximum Gasteiger partial charge on any atom is 0.261 e. The van der Waals surface area contributed by atoms with Gasteiger partial charge in [0, 0.05) is 18.7 Å². The molecule has 27 heavy (non-hydrogen) atoms. The second-order valence-corrected chi connectivity index (χ2v) is 8.39. The van der Waals surface area contributed by atoms with Crippen LogP contribution in [-0.4, -0.2) is 31.7 Å². The van der Waals surface area contributed by atoms with E-state index in [0.29, 0.717) is 6.26 Å². The number of unbranched alkanes of at least 4 members (excludes halogenated alkanes) is 9. The highest BCUT2D eigenvalue weighted by molar-refractivity contribution is 7.85. The molecule has 0 fully saturated rings. The van der Waals surface area contributed by atoms with Gasteiger partial charge in [-0.05, 0) is 6.42 Å². The van der Waals surface area contributed by atoms with Crippen LogP contribution in [-0.2, 0) is 17.2 Å². The van der Waals surface area contributed by atoms with Crippen molar-refractivity contribution in [2.75, 3.05) is 12.8 Å². The Morgan fingerprint density at radius 3 is 1.81 bits per heavy atom. The SMILES string of the molecule is CCCCCCCCCCCCNC(=O)c1cc[n+](C)cc1.CS(=O)(=O)O. The first-order valence-electron chi connectivity index (χ1n) is 9.90. The van der Waals surface area contributed by atoms with Gasteiger partial charge in [-0.3, -0.25) is 9.35 Å². The molecule has 1 aromatic rings. The third-order valence-electron chi connectivity index (χ3n) is 4.06. The van der Waals surface area contributed by atoms with Crippen LogP contribution in [0.15, 0.2) is 24.5 Å². The molecule has 0 aliphatic carbocycles. The molecule has 0 bridgehead atoms. The van der Waals surface area contributed by atoms with Crippen LogP contribution in [0.4, 0.5) is 0 Å². The number of nitrogens with zero attached hydrogens (tertiary/aromatic N) is 1. The average molecular weight is 402 g/mol. The summed E-state index contributed by atoms with van der Waals surface area (Å²) >= 11 is 0. The van der Waals surface area contributed by atoms with Crippen molar-refractivity contribution < 1.29 is 22.3 Å². The van der Waals surface area contributed by atoms with Crippen LogP contribution >= 0.6 is 0 Å². The van der Waals surface area contributed by atoms with Crippen LogP contribution < -0.4 is 9.88 Å². The Labute approximate surface area is 165 Å². The minimum absolute atomic E-state index is 0.0384. The maximum absolute atomic E-state index is 11.9. The Hall–Kier alpha value is -1.47. The number of carbonyl (C=O) groups is 1. The molecule has 0 saturated heterocycles. The Bertz CT molecular complexity index is 593. The summed E-state index contributed by atoms with van der Waals surface area (Å²) in [6, 6.07) is 3.71. The highest BCUT2D eigenvalue weighted by Crippen LogP contribution is 2.10. The molecule has 7 heteroatoms. The number of rotatable bonds is 12. The summed E-state index contributed by atoms with van der Waals surface area (Å²) in [6.07, 6.45) is 17.7. The summed E-state index contributed by atoms with van der Waals surface area (Å²) in [7, 11) is -1.72. The fraction of sp³-hybridized carbons (Fsp3) is 0.700. The van der Waals surface area contributed by atoms with Gasteiger partial charge in [-0.1, -0.05) is 64.7 Å². The summed E-state index contributed by atoms with van der Waals surface area (Å²) in [4.78, 5) is 11.9. The minimum atomic E-state index is -3.67. The Kier molecular flexibility index (Phi) is 14.7. The maximum atomic E-state index is 11.9. The van der Waals surface area contributed by atoms with Gasteiger partial charge in [-0.15, -0.1) is 0 Å². The van der Waals surface area contributed by atoms with E-state index in [9.17, 15) is 13.2 Å². The van der Waals surface area contributed by atoms with Crippen molar-refractivity contribution in [3.8, 4) is 0 Å². The zero-order valence-corrected chi connectivity index (χ0v) is 17.9. The van der Waals surface area contributed by atoms with Gasteiger partial charge in [0.15, 0.2) is 12.4 Å². The van der Waals surface area contributed by atoms with E-state index in [1.165, 1.54) is 57.8 Å². The molecule has 0 saturated carbocycles. The molecule has 0 atom stereocenters. The summed E-state index contributed by atoms with van der Waals surface area (Å²) in [6.45, 7) is 3.05. The van der Waals surface area contributed by atoms with Crippen LogP contribution in [0.3, 0.4) is 0 Å². The fourth-order valence-electron chi connectivity index (χ4n) is 2.57. The standard InChI is InChI=1S/C19H32N2O.CH4O3S/c1-3-4-5-6-7-8-9-10-11-12-15-20-19(22)18-13-16-21(2)17-14-18;1-5(2,3)4/h13-14,16-17H,3-12,15H2,1-2H3;1H3,(H,2,3,4)/p+1. The molecular formula is C20H37N2O4S+. The number of carbonyl (C=O) groups excluding carboxylic acids is 1. The highest BCUT2D eigenvalue weighted by Gasteiger charge is 2.05. The van der Waals surface area contributed by atoms with Crippen molar-refractivity contribution in [2.45, 2.75) is 71.1 Å². The lowest BCUT2D eigenvalue weighted by molar-refractivity contribution is -0.671. The predicted molar refractivity (Wildman–Crippen MR) is 109 cm³/mol. The molecule has 0 spiro atoms. The van der Waals surface area contributed by atoms with E-state index in [1.54, 1.807) is 0 Å². The van der Waals surface area contributed by atoms with E-state index in [-0.39, 0.29) is 5.91 Å². The van der Waals surface area contributed by atoms with E-state index in [4.69, 9.17) is 4.55 Å². The number of amides is 1. The number of hydrogen-bond donors (Lipinski definition) is 2. The number of nitrogens with one attached hydrogen (secondary N) is 1. The van der Waals surface area contributed by atoms with Gasteiger partial charge >= 0.3 is 0 Å². The highest BCUT2D eigenvalue weighted by atomic mass is 32.2. The van der Waals surface area contributed by atoms with E-state index in [2.05, 4.69) is 12.2 Å². The first kappa shape index (κ1) is 25.5. The van der Waals surface area contributed by atoms with Crippen molar-refractivity contribution in [3.63, 3.8) is 0 Å². The molecule has 0 radical (unpaired) electrons. The smallest absolute Gasteiger partial charge is 0.261 e. The number of pyridine rings is 1. The normalized spacial score (nSPS) is 10.8. The van der Waals surface area contributed by atoms with E-state index >= 15 is 0 Å². The molecule has 2 N–H and O–H groups in total. The van der Waals surface area contributed by atoms with Gasteiger partial charge in [0.05, 0.1) is 11.8 Å². The molecule has 0 aliphatic rings. The molecule has 0 aromatic carbocycles. The topological polar surface area (TPSA) is 87.4 Å². The van der Waals surface area contributed by atoms with E-state index < -0.39 is 10.1 Å². The molecule has 156 valence electrons. The van der Waals surface area contributed by atoms with E-state index in [1.807, 2.05) is 36.1 Å². The lowest BCUT2D eigenvalue weighted by Gasteiger charge is -2.05. The van der Waals surface area contributed by atoms with Gasteiger partial charge < -0.3 is 5.32 Å². The average Bonchev–Trinajstić information content (AvgIpc) is 2.58. The fourth-order valence-corrected chi connectivity index (χ4v) is 2.57. The molecule has 6 nitrogen and oxygen atoms in total. The molecule has 1 aromatic heterocycles. The van der Waals surface area contributed by atoms with Crippen LogP contribution in [0, 0.1) is 0 Å². The predicted octanol–water partition coefficient (Wildman–Crippen LogP) is 3.67. The van der Waals surface area contributed by atoms with Crippen LogP contribution in [0.1, 0.15) is 81.5 Å². The summed E-state index contributed by atoms with van der Waals surface area (Å²) in [5.74, 6) is 0.0384. The third-order valence-corrected chi connectivity index (χ3v) is 4.06. The minimum Gasteiger partial charge on any atom is -0.352 e. The van der Waals surface area contributed by atoms with Crippen molar-refractivity contribution >= 4 is 16.0 Å². The monoisotopic (exact) mass is 401 g/mol. The van der Waals surface area contributed by atoms with Gasteiger partial charge in [0.2, 0.25) is 0 Å². The lowest BCUT2D eigenvalue weighted by Crippen LogP contribution is -2.29. The number of hydrogen-bond acceptors (Lipinski definition) is 3. The Morgan fingerprint density at radius 1 is 0.963 bits per heavy atom. The van der Waals surface area contributed by atoms with Crippen molar-refractivity contribution in [1.82, 2.24) is 5.32 Å². The lowest BCUT2D eigenvalue weighted by atomic mass is 10.1. The molecule has 1 amide bonds. The van der Waals surface area contributed by atoms with Crippen molar-refractivity contribution in [3.05, 3.63) is 30.1 Å².